The first-order valence-corrected chi connectivity index (χ1v) is 10.1. The summed E-state index contributed by atoms with van der Waals surface area (Å²) in [6.45, 7) is 6.26. The van der Waals surface area contributed by atoms with Crippen LogP contribution in [0.5, 0.6) is 5.75 Å². The third-order valence-electron chi connectivity index (χ3n) is 5.07. The van der Waals surface area contributed by atoms with Crippen molar-refractivity contribution in [2.24, 2.45) is 0 Å². The average molecular weight is 399 g/mol. The number of para-hydroxylation sites is 1. The van der Waals surface area contributed by atoms with Crippen LogP contribution in [0.2, 0.25) is 0 Å². The van der Waals surface area contributed by atoms with E-state index in [0.29, 0.717) is 17.4 Å². The van der Waals surface area contributed by atoms with Crippen molar-refractivity contribution in [2.75, 3.05) is 11.9 Å². The van der Waals surface area contributed by atoms with Crippen LogP contribution in [0.1, 0.15) is 30.9 Å². The van der Waals surface area contributed by atoms with E-state index in [9.17, 15) is 4.79 Å². The number of amides is 1. The molecule has 5 nitrogen and oxygen atoms in total. The second kappa shape index (κ2) is 8.41. The molecule has 0 bridgehead atoms. The maximum absolute atomic E-state index is 12.5. The van der Waals surface area contributed by atoms with Crippen molar-refractivity contribution >= 4 is 17.2 Å². The summed E-state index contributed by atoms with van der Waals surface area (Å²) in [5, 5.41) is 2.95. The monoisotopic (exact) mass is 399 g/mol. The average Bonchev–Trinajstić information content (AvgIpc) is 3.18. The number of nitrogens with zero attached hydrogens (tertiary/aromatic N) is 2. The summed E-state index contributed by atoms with van der Waals surface area (Å²) in [5.74, 6) is 0.927. The highest BCUT2D eigenvalue weighted by Gasteiger charge is 2.12. The van der Waals surface area contributed by atoms with Gasteiger partial charge in [-0.2, -0.15) is 0 Å². The number of rotatable bonds is 6. The van der Waals surface area contributed by atoms with Gasteiger partial charge in [0.15, 0.2) is 6.61 Å². The number of hydrogen-bond donors (Lipinski definition) is 1. The normalized spacial score (nSPS) is 11.1. The number of aryl methyl sites for hydroxylation is 1. The fourth-order valence-corrected chi connectivity index (χ4v) is 3.38. The van der Waals surface area contributed by atoms with Crippen LogP contribution in [0.15, 0.2) is 73.1 Å². The lowest BCUT2D eigenvalue weighted by atomic mass is 10.0. The predicted molar refractivity (Wildman–Crippen MR) is 120 cm³/mol. The first-order chi connectivity index (χ1) is 14.5. The zero-order valence-electron chi connectivity index (χ0n) is 17.4. The molecule has 5 heteroatoms. The minimum atomic E-state index is -0.213. The molecule has 0 aliphatic heterocycles. The van der Waals surface area contributed by atoms with E-state index in [4.69, 9.17) is 9.72 Å². The Morgan fingerprint density at radius 1 is 1.07 bits per heavy atom. The quantitative estimate of drug-likeness (QED) is 0.469. The van der Waals surface area contributed by atoms with Crippen molar-refractivity contribution in [3.05, 3.63) is 84.2 Å². The van der Waals surface area contributed by atoms with Crippen LogP contribution >= 0.6 is 0 Å². The van der Waals surface area contributed by atoms with Crippen molar-refractivity contribution < 1.29 is 9.53 Å². The predicted octanol–water partition coefficient (Wildman–Crippen LogP) is 5.45. The van der Waals surface area contributed by atoms with Crippen molar-refractivity contribution in [1.29, 1.82) is 0 Å². The summed E-state index contributed by atoms with van der Waals surface area (Å²) in [6, 6.07) is 19.5. The Labute approximate surface area is 176 Å². The molecule has 0 unspecified atom stereocenters. The molecule has 0 saturated heterocycles. The van der Waals surface area contributed by atoms with Gasteiger partial charge in [0.25, 0.3) is 5.91 Å². The number of fused-ring (bicyclic) bond motifs is 1. The van der Waals surface area contributed by atoms with Gasteiger partial charge in [-0.05, 0) is 48.2 Å². The van der Waals surface area contributed by atoms with Gasteiger partial charge in [0, 0.05) is 18.0 Å². The SMILES string of the molecule is Cc1cccn2cc(-c3ccccc3NC(=O)COc3ccc(C(C)C)cc3)nc12. The number of pyridine rings is 1. The summed E-state index contributed by atoms with van der Waals surface area (Å²) in [5.41, 5.74) is 5.63. The maximum atomic E-state index is 12.5. The zero-order valence-corrected chi connectivity index (χ0v) is 17.4. The van der Waals surface area contributed by atoms with Gasteiger partial charge < -0.3 is 14.5 Å². The molecule has 0 fully saturated rings. The molecule has 152 valence electrons. The maximum Gasteiger partial charge on any atom is 0.262 e. The molecule has 0 aliphatic carbocycles. The molecule has 0 spiro atoms. The van der Waals surface area contributed by atoms with E-state index in [-0.39, 0.29) is 12.5 Å². The summed E-state index contributed by atoms with van der Waals surface area (Å²) >= 11 is 0. The molecule has 1 N–H and O–H groups in total. The lowest BCUT2D eigenvalue weighted by Crippen LogP contribution is -2.20. The van der Waals surface area contributed by atoms with Crippen molar-refractivity contribution in [3.63, 3.8) is 0 Å². The standard InChI is InChI=1S/C25H25N3O2/c1-17(2)19-10-12-20(13-11-19)30-16-24(29)26-22-9-5-4-8-21(22)23-15-28-14-6-7-18(3)25(28)27-23/h4-15,17H,16H2,1-3H3,(H,26,29). The Kier molecular flexibility index (Phi) is 5.53. The number of imidazole rings is 1. The van der Waals surface area contributed by atoms with Crippen molar-refractivity contribution in [2.45, 2.75) is 26.7 Å². The van der Waals surface area contributed by atoms with E-state index in [2.05, 4.69) is 19.2 Å². The first kappa shape index (κ1) is 19.7. The summed E-state index contributed by atoms with van der Waals surface area (Å²) in [7, 11) is 0. The number of nitrogens with one attached hydrogen (secondary N) is 1. The highest BCUT2D eigenvalue weighted by Crippen LogP contribution is 2.28. The Hall–Kier alpha value is -3.60. The van der Waals surface area contributed by atoms with E-state index in [1.807, 2.05) is 84.4 Å². The van der Waals surface area contributed by atoms with E-state index in [1.54, 1.807) is 0 Å². The van der Waals surface area contributed by atoms with Gasteiger partial charge in [-0.15, -0.1) is 0 Å². The zero-order chi connectivity index (χ0) is 21.1. The van der Waals surface area contributed by atoms with Crippen LogP contribution in [-0.4, -0.2) is 21.9 Å². The summed E-state index contributed by atoms with van der Waals surface area (Å²) in [4.78, 5) is 17.3. The number of carbonyl (C=O) groups is 1. The van der Waals surface area contributed by atoms with E-state index in [0.717, 1.165) is 22.5 Å². The molecule has 0 aliphatic rings. The lowest BCUT2D eigenvalue weighted by Gasteiger charge is -2.11. The van der Waals surface area contributed by atoms with Gasteiger partial charge in [0.1, 0.15) is 11.4 Å². The fourth-order valence-electron chi connectivity index (χ4n) is 3.38. The summed E-state index contributed by atoms with van der Waals surface area (Å²) in [6.07, 6.45) is 3.94. The van der Waals surface area contributed by atoms with Gasteiger partial charge >= 0.3 is 0 Å². The molecule has 4 rings (SSSR count). The van der Waals surface area contributed by atoms with Gasteiger partial charge in [0.2, 0.25) is 0 Å². The molecule has 0 radical (unpaired) electrons. The number of anilines is 1. The first-order valence-electron chi connectivity index (χ1n) is 10.1. The van der Waals surface area contributed by atoms with Crippen LogP contribution in [0, 0.1) is 6.92 Å². The summed E-state index contributed by atoms with van der Waals surface area (Å²) < 4.78 is 7.65. The van der Waals surface area contributed by atoms with Crippen molar-refractivity contribution in [3.8, 4) is 17.0 Å². The molecular formula is C25H25N3O2. The van der Waals surface area contributed by atoms with Crippen LogP contribution in [0.3, 0.4) is 0 Å². The highest BCUT2D eigenvalue weighted by atomic mass is 16.5. The fraction of sp³-hybridized carbons (Fsp3) is 0.200. The number of ether oxygens (including phenoxy) is 1. The Bertz CT molecular complexity index is 1180. The number of aromatic nitrogens is 2. The minimum Gasteiger partial charge on any atom is -0.484 e. The topological polar surface area (TPSA) is 55.6 Å². The van der Waals surface area contributed by atoms with Crippen LogP contribution in [0.4, 0.5) is 5.69 Å². The molecule has 4 aromatic rings. The second-order valence-corrected chi connectivity index (χ2v) is 7.65. The van der Waals surface area contributed by atoms with Gasteiger partial charge in [0.05, 0.1) is 11.4 Å². The molecule has 1 amide bonds. The Morgan fingerprint density at radius 2 is 1.83 bits per heavy atom. The molecular weight excluding hydrogens is 374 g/mol. The molecule has 0 atom stereocenters. The lowest BCUT2D eigenvalue weighted by molar-refractivity contribution is -0.118. The Morgan fingerprint density at radius 3 is 2.57 bits per heavy atom. The number of carbonyl (C=O) groups excluding carboxylic acids is 1. The second-order valence-electron chi connectivity index (χ2n) is 7.65. The van der Waals surface area contributed by atoms with Gasteiger partial charge in [-0.1, -0.05) is 50.2 Å². The number of benzene rings is 2. The minimum absolute atomic E-state index is 0.0559. The van der Waals surface area contributed by atoms with Crippen LogP contribution in [0.25, 0.3) is 16.9 Å². The third-order valence-corrected chi connectivity index (χ3v) is 5.07. The van der Waals surface area contributed by atoms with Gasteiger partial charge in [-0.3, -0.25) is 4.79 Å². The van der Waals surface area contributed by atoms with E-state index in [1.165, 1.54) is 5.56 Å². The smallest absolute Gasteiger partial charge is 0.262 e. The van der Waals surface area contributed by atoms with E-state index < -0.39 is 0 Å². The number of hydrogen-bond acceptors (Lipinski definition) is 3. The molecule has 30 heavy (non-hydrogen) atoms. The molecule has 2 aromatic carbocycles. The third kappa shape index (κ3) is 4.20. The van der Waals surface area contributed by atoms with Gasteiger partial charge in [-0.25, -0.2) is 4.98 Å². The van der Waals surface area contributed by atoms with Crippen LogP contribution < -0.4 is 10.1 Å². The van der Waals surface area contributed by atoms with Crippen molar-refractivity contribution in [1.82, 2.24) is 9.38 Å². The Balaban J connectivity index is 1.48. The molecule has 2 heterocycles. The van der Waals surface area contributed by atoms with Crippen LogP contribution in [-0.2, 0) is 4.79 Å². The largest absolute Gasteiger partial charge is 0.484 e. The molecule has 0 saturated carbocycles. The molecule has 2 aromatic heterocycles. The van der Waals surface area contributed by atoms with E-state index >= 15 is 0 Å². The highest BCUT2D eigenvalue weighted by molar-refractivity contribution is 5.96.